The molecule has 0 amide bonds. The predicted octanol–water partition coefficient (Wildman–Crippen LogP) is 4.47. The normalized spacial score (nSPS) is 10.1. The summed E-state index contributed by atoms with van der Waals surface area (Å²) in [4.78, 5) is 1.33. The summed E-state index contributed by atoms with van der Waals surface area (Å²) in [6.45, 7) is 4.26. The molecule has 0 aliphatic rings. The molecule has 0 unspecified atom stereocenters. The van der Waals surface area contributed by atoms with Crippen molar-refractivity contribution in [3.63, 3.8) is 0 Å². The van der Waals surface area contributed by atoms with Gasteiger partial charge in [0, 0.05) is 10.6 Å². The van der Waals surface area contributed by atoms with Crippen LogP contribution in [0.3, 0.4) is 0 Å². The van der Waals surface area contributed by atoms with E-state index in [-0.39, 0.29) is 0 Å². The lowest BCUT2D eigenvalue weighted by molar-refractivity contribution is 1.25. The standard InChI is InChI=1S/C16H15NS/c1-12-3-4-13(2)16(9-12)18-11-15-7-5-14(10-17)6-8-15/h3-9H,11H2,1-2H3. The average Bonchev–Trinajstić information content (AvgIpc) is 2.40. The van der Waals surface area contributed by atoms with Gasteiger partial charge >= 0.3 is 0 Å². The fraction of sp³-hybridized carbons (Fsp3) is 0.188. The van der Waals surface area contributed by atoms with E-state index in [0.717, 1.165) is 11.3 Å². The number of hydrogen-bond donors (Lipinski definition) is 0. The minimum absolute atomic E-state index is 0.718. The Kier molecular flexibility index (Phi) is 4.07. The fourth-order valence-corrected chi connectivity index (χ4v) is 2.78. The molecule has 0 radical (unpaired) electrons. The zero-order valence-corrected chi connectivity index (χ0v) is 11.4. The van der Waals surface area contributed by atoms with E-state index >= 15 is 0 Å². The van der Waals surface area contributed by atoms with Gasteiger partial charge in [-0.3, -0.25) is 0 Å². The summed E-state index contributed by atoms with van der Waals surface area (Å²) in [5, 5.41) is 8.75. The smallest absolute Gasteiger partial charge is 0.0991 e. The van der Waals surface area contributed by atoms with E-state index in [4.69, 9.17) is 5.26 Å². The second kappa shape index (κ2) is 5.75. The molecule has 0 aliphatic carbocycles. The van der Waals surface area contributed by atoms with Gasteiger partial charge in [-0.1, -0.05) is 29.8 Å². The van der Waals surface area contributed by atoms with E-state index in [9.17, 15) is 0 Å². The van der Waals surface area contributed by atoms with Crippen LogP contribution in [0.1, 0.15) is 22.3 Å². The van der Waals surface area contributed by atoms with E-state index < -0.39 is 0 Å². The Hall–Kier alpha value is -1.72. The number of nitrogens with zero attached hydrogens (tertiary/aromatic N) is 1. The van der Waals surface area contributed by atoms with Crippen LogP contribution in [0, 0.1) is 25.2 Å². The van der Waals surface area contributed by atoms with Crippen LogP contribution in [0.25, 0.3) is 0 Å². The van der Waals surface area contributed by atoms with Crippen molar-refractivity contribution in [1.82, 2.24) is 0 Å². The lowest BCUT2D eigenvalue weighted by Gasteiger charge is -2.07. The van der Waals surface area contributed by atoms with E-state index in [1.54, 1.807) is 0 Å². The monoisotopic (exact) mass is 253 g/mol. The maximum absolute atomic E-state index is 8.75. The molecular formula is C16H15NS. The van der Waals surface area contributed by atoms with E-state index in [2.05, 4.69) is 38.1 Å². The number of thioether (sulfide) groups is 1. The first-order valence-corrected chi connectivity index (χ1v) is 6.86. The molecule has 0 bridgehead atoms. The molecule has 1 nitrogen and oxygen atoms in total. The highest BCUT2D eigenvalue weighted by atomic mass is 32.2. The minimum Gasteiger partial charge on any atom is -0.192 e. The molecule has 0 fully saturated rings. The van der Waals surface area contributed by atoms with Crippen molar-refractivity contribution in [3.8, 4) is 6.07 Å². The zero-order valence-electron chi connectivity index (χ0n) is 10.6. The van der Waals surface area contributed by atoms with Crippen LogP contribution in [0.15, 0.2) is 47.4 Å². The summed E-state index contributed by atoms with van der Waals surface area (Å²) >= 11 is 1.84. The van der Waals surface area contributed by atoms with Crippen molar-refractivity contribution in [1.29, 1.82) is 5.26 Å². The summed E-state index contributed by atoms with van der Waals surface area (Å²) in [5.41, 5.74) is 4.58. The first-order chi connectivity index (χ1) is 8.69. The van der Waals surface area contributed by atoms with Crippen LogP contribution in [0.2, 0.25) is 0 Å². The lowest BCUT2D eigenvalue weighted by atomic mass is 10.2. The van der Waals surface area contributed by atoms with Gasteiger partial charge in [0.15, 0.2) is 0 Å². The first kappa shape index (κ1) is 12.7. The molecule has 0 saturated carbocycles. The van der Waals surface area contributed by atoms with Gasteiger partial charge < -0.3 is 0 Å². The van der Waals surface area contributed by atoms with Crippen LogP contribution in [0.4, 0.5) is 0 Å². The molecule has 18 heavy (non-hydrogen) atoms. The molecule has 0 spiro atoms. The number of aryl methyl sites for hydroxylation is 2. The second-order valence-electron chi connectivity index (χ2n) is 4.37. The molecule has 0 N–H and O–H groups in total. The highest BCUT2D eigenvalue weighted by molar-refractivity contribution is 7.98. The van der Waals surface area contributed by atoms with Gasteiger partial charge in [-0.05, 0) is 43.2 Å². The third kappa shape index (κ3) is 3.15. The van der Waals surface area contributed by atoms with Gasteiger partial charge in [-0.15, -0.1) is 11.8 Å². The third-order valence-corrected chi connectivity index (χ3v) is 4.05. The number of benzene rings is 2. The van der Waals surface area contributed by atoms with Gasteiger partial charge in [0.2, 0.25) is 0 Å². The molecule has 0 atom stereocenters. The largest absolute Gasteiger partial charge is 0.192 e. The van der Waals surface area contributed by atoms with Crippen LogP contribution < -0.4 is 0 Å². The highest BCUT2D eigenvalue weighted by Crippen LogP contribution is 2.26. The lowest BCUT2D eigenvalue weighted by Crippen LogP contribution is -1.85. The number of rotatable bonds is 3. The quantitative estimate of drug-likeness (QED) is 0.754. The molecule has 0 aliphatic heterocycles. The molecular weight excluding hydrogens is 238 g/mol. The Morgan fingerprint density at radius 2 is 1.78 bits per heavy atom. The average molecular weight is 253 g/mol. The van der Waals surface area contributed by atoms with Gasteiger partial charge in [-0.25, -0.2) is 0 Å². The van der Waals surface area contributed by atoms with E-state index in [1.165, 1.54) is 21.6 Å². The number of nitriles is 1. The summed E-state index contributed by atoms with van der Waals surface area (Å²) < 4.78 is 0. The fourth-order valence-electron chi connectivity index (χ4n) is 1.70. The van der Waals surface area contributed by atoms with Gasteiger partial charge in [0.05, 0.1) is 11.6 Å². The molecule has 0 heterocycles. The van der Waals surface area contributed by atoms with Crippen LogP contribution in [-0.2, 0) is 5.75 Å². The Morgan fingerprint density at radius 3 is 2.44 bits per heavy atom. The zero-order chi connectivity index (χ0) is 13.0. The van der Waals surface area contributed by atoms with E-state index in [0.29, 0.717) is 0 Å². The summed E-state index contributed by atoms with van der Waals surface area (Å²) in [6, 6.07) is 16.5. The molecule has 90 valence electrons. The van der Waals surface area contributed by atoms with Crippen molar-refractivity contribution in [2.75, 3.05) is 0 Å². The molecule has 2 heteroatoms. The predicted molar refractivity (Wildman–Crippen MR) is 76.6 cm³/mol. The molecule has 0 aromatic heterocycles. The van der Waals surface area contributed by atoms with E-state index in [1.807, 2.05) is 36.0 Å². The molecule has 2 aromatic carbocycles. The van der Waals surface area contributed by atoms with Crippen molar-refractivity contribution in [2.45, 2.75) is 24.5 Å². The van der Waals surface area contributed by atoms with Gasteiger partial charge in [0.1, 0.15) is 0 Å². The van der Waals surface area contributed by atoms with Crippen LogP contribution in [0.5, 0.6) is 0 Å². The van der Waals surface area contributed by atoms with Crippen LogP contribution in [-0.4, -0.2) is 0 Å². The Labute approximate surface area is 112 Å². The maximum Gasteiger partial charge on any atom is 0.0991 e. The van der Waals surface area contributed by atoms with Crippen molar-refractivity contribution >= 4 is 11.8 Å². The Balaban J connectivity index is 2.07. The minimum atomic E-state index is 0.718. The van der Waals surface area contributed by atoms with Crippen molar-refractivity contribution in [3.05, 3.63) is 64.7 Å². The molecule has 2 rings (SSSR count). The van der Waals surface area contributed by atoms with Gasteiger partial charge in [-0.2, -0.15) is 5.26 Å². The molecule has 2 aromatic rings. The summed E-state index contributed by atoms with van der Waals surface area (Å²) in [7, 11) is 0. The second-order valence-corrected chi connectivity index (χ2v) is 5.38. The first-order valence-electron chi connectivity index (χ1n) is 5.88. The maximum atomic E-state index is 8.75. The van der Waals surface area contributed by atoms with Crippen molar-refractivity contribution < 1.29 is 0 Å². The highest BCUT2D eigenvalue weighted by Gasteiger charge is 2.01. The summed E-state index contributed by atoms with van der Waals surface area (Å²) in [5.74, 6) is 0.940. The molecule has 0 saturated heterocycles. The Morgan fingerprint density at radius 1 is 1.06 bits per heavy atom. The van der Waals surface area contributed by atoms with Gasteiger partial charge in [0.25, 0.3) is 0 Å². The SMILES string of the molecule is Cc1ccc(C)c(SCc2ccc(C#N)cc2)c1. The summed E-state index contributed by atoms with van der Waals surface area (Å²) in [6.07, 6.45) is 0. The van der Waals surface area contributed by atoms with Crippen molar-refractivity contribution in [2.24, 2.45) is 0 Å². The van der Waals surface area contributed by atoms with Crippen LogP contribution >= 0.6 is 11.8 Å². The Bertz CT molecular complexity index is 579. The third-order valence-electron chi connectivity index (χ3n) is 2.82. The topological polar surface area (TPSA) is 23.8 Å². The number of hydrogen-bond acceptors (Lipinski definition) is 2.